The Morgan fingerprint density at radius 2 is 1.97 bits per heavy atom. The van der Waals surface area contributed by atoms with Crippen LogP contribution < -0.4 is 11.5 Å². The minimum absolute atomic E-state index is 0.0509. The van der Waals surface area contributed by atoms with E-state index in [-0.39, 0.29) is 24.7 Å². The highest BCUT2D eigenvalue weighted by Crippen LogP contribution is 2.40. The third-order valence-corrected chi connectivity index (χ3v) is 6.48. The van der Waals surface area contributed by atoms with Crippen LogP contribution in [0, 0.1) is 5.92 Å². The van der Waals surface area contributed by atoms with E-state index in [1.165, 1.54) is 6.33 Å². The summed E-state index contributed by atoms with van der Waals surface area (Å²) in [6.07, 6.45) is 2.75. The normalized spacial score (nSPS) is 28.1. The van der Waals surface area contributed by atoms with Crippen LogP contribution in [0.3, 0.4) is 0 Å². The average Bonchev–Trinajstić information content (AvgIpc) is 3.43. The van der Waals surface area contributed by atoms with E-state index in [4.69, 9.17) is 25.7 Å². The molecule has 0 bridgehead atoms. The predicted molar refractivity (Wildman–Crippen MR) is 118 cm³/mol. The molecule has 2 aromatic rings. The van der Waals surface area contributed by atoms with E-state index in [2.05, 4.69) is 15.0 Å². The van der Waals surface area contributed by atoms with Gasteiger partial charge in [0, 0.05) is 6.54 Å². The molecule has 182 valence electrons. The number of imidazole rings is 1. The molecule has 4 heterocycles. The number of hydroxylamine groups is 2. The van der Waals surface area contributed by atoms with Gasteiger partial charge >= 0.3 is 0 Å². The van der Waals surface area contributed by atoms with Crippen molar-refractivity contribution in [2.75, 3.05) is 12.3 Å². The Bertz CT molecular complexity index is 999. The van der Waals surface area contributed by atoms with Crippen molar-refractivity contribution < 1.29 is 24.2 Å². The van der Waals surface area contributed by atoms with Gasteiger partial charge in [-0.25, -0.2) is 20.0 Å². The summed E-state index contributed by atoms with van der Waals surface area (Å²) in [7, 11) is 0. The van der Waals surface area contributed by atoms with Crippen molar-refractivity contribution in [3.05, 3.63) is 12.7 Å². The molecule has 0 unspecified atom stereocenters. The van der Waals surface area contributed by atoms with E-state index in [0.717, 1.165) is 6.42 Å². The second-order valence-electron chi connectivity index (χ2n) is 9.27. The number of nitrogens with zero attached hydrogens (tertiary/aromatic N) is 5. The molecule has 12 heteroatoms. The Balaban J connectivity index is 1.45. The van der Waals surface area contributed by atoms with Gasteiger partial charge in [-0.3, -0.25) is 10.0 Å². The van der Waals surface area contributed by atoms with Gasteiger partial charge in [0.25, 0.3) is 5.91 Å². The molecule has 5 N–H and O–H groups in total. The first kappa shape index (κ1) is 23.8. The molecule has 0 saturated carbocycles. The van der Waals surface area contributed by atoms with Gasteiger partial charge in [0.05, 0.1) is 25.0 Å². The maximum atomic E-state index is 12.6. The summed E-state index contributed by atoms with van der Waals surface area (Å²) < 4.78 is 20.3. The summed E-state index contributed by atoms with van der Waals surface area (Å²) in [5, 5.41) is 11.1. The van der Waals surface area contributed by atoms with Crippen molar-refractivity contribution in [2.45, 2.75) is 83.3 Å². The molecule has 0 aromatic carbocycles. The number of nitrogen functional groups attached to an aromatic ring is 1. The molecular weight excluding hydrogens is 430 g/mol. The lowest BCUT2D eigenvalue weighted by Crippen LogP contribution is -2.49. The zero-order chi connectivity index (χ0) is 23.9. The number of rotatable bonds is 8. The Morgan fingerprint density at radius 1 is 1.27 bits per heavy atom. The lowest BCUT2D eigenvalue weighted by atomic mass is 9.99. The average molecular weight is 464 g/mol. The van der Waals surface area contributed by atoms with Crippen molar-refractivity contribution >= 4 is 22.9 Å². The van der Waals surface area contributed by atoms with Gasteiger partial charge in [-0.05, 0) is 26.2 Å². The van der Waals surface area contributed by atoms with Crippen molar-refractivity contribution in [3.8, 4) is 0 Å². The van der Waals surface area contributed by atoms with Gasteiger partial charge in [0.2, 0.25) is 0 Å². The van der Waals surface area contributed by atoms with Crippen LogP contribution in [0.4, 0.5) is 5.82 Å². The number of ether oxygens (including phenoxy) is 3. The number of nitrogens with two attached hydrogens (primary N) is 2. The van der Waals surface area contributed by atoms with Gasteiger partial charge in [0.1, 0.15) is 30.2 Å². The van der Waals surface area contributed by atoms with Gasteiger partial charge < -0.3 is 30.2 Å². The first-order chi connectivity index (χ1) is 15.6. The molecule has 33 heavy (non-hydrogen) atoms. The van der Waals surface area contributed by atoms with Crippen molar-refractivity contribution in [3.63, 3.8) is 0 Å². The summed E-state index contributed by atoms with van der Waals surface area (Å²) in [6, 6.07) is -0.783. The number of anilines is 1. The third kappa shape index (κ3) is 4.66. The fourth-order valence-corrected chi connectivity index (χ4v) is 4.41. The summed E-state index contributed by atoms with van der Waals surface area (Å²) in [5.74, 6) is -1.05. The maximum absolute atomic E-state index is 12.6. The number of amides is 1. The minimum atomic E-state index is -0.795. The molecule has 2 aliphatic heterocycles. The Morgan fingerprint density at radius 3 is 2.67 bits per heavy atom. The zero-order valence-corrected chi connectivity index (χ0v) is 19.4. The highest BCUT2D eigenvalue weighted by atomic mass is 16.8. The molecule has 4 rings (SSSR count). The molecular formula is C21H33N7O5. The number of carbonyl (C=O) groups excluding carboxylic acids is 1. The first-order valence-electron chi connectivity index (χ1n) is 11.3. The molecule has 2 fully saturated rings. The molecule has 0 radical (unpaired) electrons. The summed E-state index contributed by atoms with van der Waals surface area (Å²) in [6.45, 7) is 8.00. The SMILES string of the molecule is CC[C@H](C)[C@H](N)C(=O)N(O)C[C@H]1O[C@@H](CCn2cnc3c(N)ncnc32)[C@@H]2OC(C)(C)O[C@@H]21. The Kier molecular flexibility index (Phi) is 6.56. The van der Waals surface area contributed by atoms with Crippen LogP contribution in [0.1, 0.15) is 40.5 Å². The van der Waals surface area contributed by atoms with Gasteiger partial charge in [-0.15, -0.1) is 0 Å². The number of hydrogen-bond donors (Lipinski definition) is 3. The second-order valence-corrected chi connectivity index (χ2v) is 9.27. The van der Waals surface area contributed by atoms with E-state index in [9.17, 15) is 10.0 Å². The number of hydrogen-bond acceptors (Lipinski definition) is 10. The number of aryl methyl sites for hydroxylation is 1. The van der Waals surface area contributed by atoms with E-state index in [1.54, 1.807) is 6.33 Å². The lowest BCUT2D eigenvalue weighted by molar-refractivity contribution is -0.202. The van der Waals surface area contributed by atoms with Crippen molar-refractivity contribution in [1.82, 2.24) is 24.6 Å². The van der Waals surface area contributed by atoms with Gasteiger partial charge in [-0.1, -0.05) is 20.3 Å². The molecule has 2 aromatic heterocycles. The fourth-order valence-electron chi connectivity index (χ4n) is 4.41. The summed E-state index contributed by atoms with van der Waals surface area (Å²) in [5.41, 5.74) is 13.1. The van der Waals surface area contributed by atoms with E-state index >= 15 is 0 Å². The van der Waals surface area contributed by atoms with Crippen LogP contribution in [-0.4, -0.2) is 78.5 Å². The lowest BCUT2D eigenvalue weighted by Gasteiger charge is -2.28. The quantitative estimate of drug-likeness (QED) is 0.374. The monoisotopic (exact) mass is 463 g/mol. The maximum Gasteiger partial charge on any atom is 0.263 e. The summed E-state index contributed by atoms with van der Waals surface area (Å²) in [4.78, 5) is 25.1. The smallest absolute Gasteiger partial charge is 0.263 e. The van der Waals surface area contributed by atoms with E-state index < -0.39 is 29.9 Å². The fraction of sp³-hybridized carbons (Fsp3) is 0.714. The van der Waals surface area contributed by atoms with Crippen molar-refractivity contribution in [1.29, 1.82) is 0 Å². The zero-order valence-electron chi connectivity index (χ0n) is 19.4. The highest BCUT2D eigenvalue weighted by molar-refractivity contribution is 5.81. The van der Waals surface area contributed by atoms with Crippen LogP contribution in [0.15, 0.2) is 12.7 Å². The van der Waals surface area contributed by atoms with Gasteiger partial charge in [0.15, 0.2) is 17.3 Å². The van der Waals surface area contributed by atoms with Crippen LogP contribution in [0.25, 0.3) is 11.2 Å². The van der Waals surface area contributed by atoms with Crippen LogP contribution in [0.2, 0.25) is 0 Å². The highest BCUT2D eigenvalue weighted by Gasteiger charge is 2.55. The summed E-state index contributed by atoms with van der Waals surface area (Å²) >= 11 is 0. The topological polar surface area (TPSA) is 164 Å². The van der Waals surface area contributed by atoms with Gasteiger partial charge in [-0.2, -0.15) is 0 Å². The second kappa shape index (κ2) is 9.11. The van der Waals surface area contributed by atoms with Crippen LogP contribution >= 0.6 is 0 Å². The largest absolute Gasteiger partial charge is 0.382 e. The number of aromatic nitrogens is 4. The molecule has 2 saturated heterocycles. The third-order valence-electron chi connectivity index (χ3n) is 6.48. The first-order valence-corrected chi connectivity index (χ1v) is 11.3. The van der Waals surface area contributed by atoms with E-state index in [1.807, 2.05) is 32.3 Å². The molecule has 2 aliphatic rings. The van der Waals surface area contributed by atoms with E-state index in [0.29, 0.717) is 35.0 Å². The van der Waals surface area contributed by atoms with Crippen LogP contribution in [0.5, 0.6) is 0 Å². The molecule has 12 nitrogen and oxygen atoms in total. The Hall–Kier alpha value is -2.38. The van der Waals surface area contributed by atoms with Crippen LogP contribution in [-0.2, 0) is 25.5 Å². The van der Waals surface area contributed by atoms with Crippen molar-refractivity contribution in [2.24, 2.45) is 11.7 Å². The number of carbonyl (C=O) groups is 1. The minimum Gasteiger partial charge on any atom is -0.382 e. The number of fused-ring (bicyclic) bond motifs is 2. The Labute approximate surface area is 192 Å². The predicted octanol–water partition coefficient (Wildman–Crippen LogP) is 0.677. The molecule has 0 aliphatic carbocycles. The molecule has 1 amide bonds. The standard InChI is InChI=1S/C21H33N7O5/c1-5-11(2)14(22)20(29)28(30)8-13-17-16(32-21(3,4)33-17)12(31-13)6-7-27-10-26-15-18(23)24-9-25-19(15)27/h9-14,16-17,30H,5-8,22H2,1-4H3,(H2,23,24,25)/t11-,12-,13+,14-,16-,17+/m0/s1. The molecule has 0 spiro atoms. The molecule has 6 atom stereocenters.